The maximum atomic E-state index is 13.0. The molecule has 0 aromatic carbocycles. The molecule has 1 atom stereocenters. The van der Waals surface area contributed by atoms with Crippen LogP contribution in [0.15, 0.2) is 23.1 Å². The van der Waals surface area contributed by atoms with E-state index in [1.165, 1.54) is 0 Å². The van der Waals surface area contributed by atoms with Crippen LogP contribution in [0, 0.1) is 13.8 Å². The molecule has 3 heterocycles. The summed E-state index contributed by atoms with van der Waals surface area (Å²) >= 11 is 5.62. The summed E-state index contributed by atoms with van der Waals surface area (Å²) in [5.74, 6) is -0.529. The van der Waals surface area contributed by atoms with Crippen molar-refractivity contribution in [2.24, 2.45) is 0 Å². The zero-order valence-electron chi connectivity index (χ0n) is 15.6. The zero-order valence-corrected chi connectivity index (χ0v) is 17.2. The van der Waals surface area contributed by atoms with Crippen molar-refractivity contribution >= 4 is 27.2 Å². The molecule has 29 heavy (non-hydrogen) atoms. The van der Waals surface area contributed by atoms with Gasteiger partial charge in [0.15, 0.2) is 15.6 Å². The fourth-order valence-corrected chi connectivity index (χ4v) is 5.64. The summed E-state index contributed by atoms with van der Waals surface area (Å²) in [6.45, 7) is 2.75. The first-order chi connectivity index (χ1) is 13.3. The maximum absolute atomic E-state index is 13.0. The molecule has 0 radical (unpaired) electrons. The highest BCUT2D eigenvalue weighted by Gasteiger charge is 2.33. The lowest BCUT2D eigenvalue weighted by atomic mass is 10.1. The van der Waals surface area contributed by atoms with Crippen LogP contribution < -0.4 is 5.56 Å². The van der Waals surface area contributed by atoms with Crippen molar-refractivity contribution in [1.82, 2.24) is 9.13 Å². The number of aromatic nitrogens is 2. The molecular formula is C18H18ClF3N2O4S. The number of nitrogens with zero attached hydrogens (tertiary/aromatic N) is 2. The number of hydrogen-bond donors (Lipinski definition) is 0. The first kappa shape index (κ1) is 21.6. The third kappa shape index (κ3) is 4.28. The summed E-state index contributed by atoms with van der Waals surface area (Å²) in [6.07, 6.45) is -3.73. The van der Waals surface area contributed by atoms with Gasteiger partial charge in [0, 0.05) is 29.2 Å². The Morgan fingerprint density at radius 2 is 1.93 bits per heavy atom. The fourth-order valence-electron chi connectivity index (χ4n) is 3.71. The molecular weight excluding hydrogens is 433 g/mol. The van der Waals surface area contributed by atoms with Crippen molar-refractivity contribution in [3.8, 4) is 0 Å². The Bertz CT molecular complexity index is 1150. The maximum Gasteiger partial charge on any atom is 0.417 e. The number of Topliss-reactive ketones (excluding diaryl/α,β-unsaturated/α-hetero) is 1. The van der Waals surface area contributed by atoms with Gasteiger partial charge in [0.1, 0.15) is 5.02 Å². The number of carbonyl (C=O) groups is 1. The van der Waals surface area contributed by atoms with Crippen LogP contribution in [-0.4, -0.2) is 34.8 Å². The van der Waals surface area contributed by atoms with Gasteiger partial charge in [0.2, 0.25) is 0 Å². The molecule has 0 amide bonds. The molecule has 0 saturated carbocycles. The third-order valence-corrected chi connectivity index (χ3v) is 7.06. The first-order valence-electron chi connectivity index (χ1n) is 8.69. The molecule has 1 aliphatic heterocycles. The van der Waals surface area contributed by atoms with Gasteiger partial charge in [-0.25, -0.2) is 8.42 Å². The quantitative estimate of drug-likeness (QED) is 0.670. The number of halogens is 4. The Balaban J connectivity index is 1.94. The van der Waals surface area contributed by atoms with Gasteiger partial charge < -0.3 is 9.13 Å². The lowest BCUT2D eigenvalue weighted by Crippen LogP contribution is -2.26. The molecule has 1 saturated heterocycles. The first-order valence-corrected chi connectivity index (χ1v) is 10.9. The van der Waals surface area contributed by atoms with E-state index in [-0.39, 0.29) is 23.1 Å². The molecule has 6 nitrogen and oxygen atoms in total. The summed E-state index contributed by atoms with van der Waals surface area (Å²) in [4.78, 5) is 24.8. The van der Waals surface area contributed by atoms with Crippen molar-refractivity contribution < 1.29 is 26.4 Å². The number of alkyl halides is 3. The molecule has 2 aromatic rings. The minimum Gasteiger partial charge on any atom is -0.344 e. The highest BCUT2D eigenvalue weighted by molar-refractivity contribution is 7.91. The van der Waals surface area contributed by atoms with Crippen molar-refractivity contribution in [1.29, 1.82) is 0 Å². The molecule has 0 spiro atoms. The van der Waals surface area contributed by atoms with E-state index in [0.29, 0.717) is 34.6 Å². The molecule has 1 aliphatic rings. The van der Waals surface area contributed by atoms with Crippen molar-refractivity contribution in [2.75, 3.05) is 11.5 Å². The van der Waals surface area contributed by atoms with Crippen LogP contribution in [0.25, 0.3) is 0 Å². The van der Waals surface area contributed by atoms with E-state index in [9.17, 15) is 31.2 Å². The molecule has 11 heteroatoms. The summed E-state index contributed by atoms with van der Waals surface area (Å²) in [7, 11) is -3.14. The van der Waals surface area contributed by atoms with E-state index in [1.807, 2.05) is 0 Å². The van der Waals surface area contributed by atoms with Crippen LogP contribution in [0.1, 0.15) is 39.8 Å². The number of aryl methyl sites for hydroxylation is 1. The summed E-state index contributed by atoms with van der Waals surface area (Å²) in [5, 5.41) is -0.630. The number of carbonyl (C=O) groups excluding carboxylic acids is 1. The zero-order chi connectivity index (χ0) is 21.7. The Labute approximate surface area is 169 Å². The Kier molecular flexibility index (Phi) is 5.46. The predicted octanol–water partition coefficient (Wildman–Crippen LogP) is 3.18. The summed E-state index contributed by atoms with van der Waals surface area (Å²) in [5.41, 5.74) is -0.615. The Hall–Kier alpha value is -2.07. The summed E-state index contributed by atoms with van der Waals surface area (Å²) < 4.78 is 64.9. The largest absolute Gasteiger partial charge is 0.417 e. The van der Waals surface area contributed by atoms with Crippen molar-refractivity contribution in [3.63, 3.8) is 0 Å². The van der Waals surface area contributed by atoms with Gasteiger partial charge >= 0.3 is 6.18 Å². The molecule has 2 aromatic heterocycles. The van der Waals surface area contributed by atoms with E-state index in [1.54, 1.807) is 24.5 Å². The molecule has 1 fully saturated rings. The molecule has 158 valence electrons. The second-order valence-corrected chi connectivity index (χ2v) is 9.78. The van der Waals surface area contributed by atoms with Crippen molar-refractivity contribution in [3.05, 3.63) is 56.2 Å². The smallest absolute Gasteiger partial charge is 0.344 e. The monoisotopic (exact) mass is 450 g/mol. The number of ketones is 1. The molecule has 0 N–H and O–H groups in total. The van der Waals surface area contributed by atoms with Crippen LogP contribution >= 0.6 is 11.6 Å². The SMILES string of the molecule is Cc1cc(C(=O)Cn2cc(C(F)(F)F)cc(Cl)c2=O)c(C)n1C1CCS(=O)(=O)C1. The van der Waals surface area contributed by atoms with Gasteiger partial charge in [0.25, 0.3) is 5.56 Å². The molecule has 0 aliphatic carbocycles. The van der Waals surface area contributed by atoms with E-state index < -0.39 is 44.5 Å². The number of pyridine rings is 1. The lowest BCUT2D eigenvalue weighted by Gasteiger charge is -2.16. The van der Waals surface area contributed by atoms with Gasteiger partial charge in [-0.3, -0.25) is 9.59 Å². The molecule has 1 unspecified atom stereocenters. The van der Waals surface area contributed by atoms with Crippen LogP contribution in [-0.2, 0) is 22.6 Å². The number of rotatable bonds is 4. The average molecular weight is 451 g/mol. The Morgan fingerprint density at radius 1 is 1.28 bits per heavy atom. The van der Waals surface area contributed by atoms with E-state index in [2.05, 4.69) is 0 Å². The van der Waals surface area contributed by atoms with Crippen LogP contribution in [0.2, 0.25) is 5.02 Å². The van der Waals surface area contributed by atoms with Crippen LogP contribution in [0.5, 0.6) is 0 Å². The Morgan fingerprint density at radius 3 is 2.48 bits per heavy atom. The van der Waals surface area contributed by atoms with Crippen LogP contribution in [0.3, 0.4) is 0 Å². The molecule has 3 rings (SSSR count). The van der Waals surface area contributed by atoms with Gasteiger partial charge in [-0.15, -0.1) is 0 Å². The number of sulfone groups is 1. The van der Waals surface area contributed by atoms with Crippen molar-refractivity contribution in [2.45, 2.75) is 39.0 Å². The minimum atomic E-state index is -4.72. The fraction of sp³-hybridized carbons (Fsp3) is 0.444. The topological polar surface area (TPSA) is 78.1 Å². The van der Waals surface area contributed by atoms with E-state index >= 15 is 0 Å². The summed E-state index contributed by atoms with van der Waals surface area (Å²) in [6, 6.07) is 1.78. The van der Waals surface area contributed by atoms with Gasteiger partial charge in [0.05, 0.1) is 23.6 Å². The second-order valence-electron chi connectivity index (χ2n) is 7.14. The minimum absolute atomic E-state index is 0.0281. The highest BCUT2D eigenvalue weighted by atomic mass is 35.5. The average Bonchev–Trinajstić information content (AvgIpc) is 3.09. The van der Waals surface area contributed by atoms with Gasteiger partial charge in [-0.2, -0.15) is 13.2 Å². The number of hydrogen-bond acceptors (Lipinski definition) is 4. The normalized spacial score (nSPS) is 18.9. The van der Waals surface area contributed by atoms with Crippen LogP contribution in [0.4, 0.5) is 13.2 Å². The molecule has 0 bridgehead atoms. The van der Waals surface area contributed by atoms with E-state index in [4.69, 9.17) is 11.6 Å². The second kappa shape index (κ2) is 7.32. The van der Waals surface area contributed by atoms with E-state index in [0.717, 1.165) is 0 Å². The van der Waals surface area contributed by atoms with Gasteiger partial charge in [-0.05, 0) is 32.4 Å². The lowest BCUT2D eigenvalue weighted by molar-refractivity contribution is -0.138. The van der Waals surface area contributed by atoms with Gasteiger partial charge in [-0.1, -0.05) is 11.6 Å². The standard InChI is InChI=1S/C18H18ClF3N2O4S/c1-10-5-14(11(2)24(10)13-3-4-29(27,28)9-13)16(25)8-23-7-12(18(20,21)22)6-15(19)17(23)26/h5-7,13H,3-4,8-9H2,1-2H3. The predicted molar refractivity (Wildman–Crippen MR) is 101 cm³/mol. The highest BCUT2D eigenvalue weighted by Crippen LogP contribution is 2.31. The third-order valence-electron chi connectivity index (χ3n) is 5.04.